The second kappa shape index (κ2) is 11.8. The molecule has 0 atom stereocenters. The lowest BCUT2D eigenvalue weighted by molar-refractivity contribution is 0.0800. The van der Waals surface area contributed by atoms with Gasteiger partial charge < -0.3 is 20.3 Å². The third-order valence-electron chi connectivity index (χ3n) is 4.37. The van der Waals surface area contributed by atoms with Crippen molar-refractivity contribution < 1.29 is 18.3 Å². The molecule has 174 valence electrons. The van der Waals surface area contributed by atoms with Crippen LogP contribution in [0.1, 0.15) is 21.7 Å². The molecular formula is C20H25ClF2N6O2S. The molecule has 3 aromatic rings. The fourth-order valence-electron chi connectivity index (χ4n) is 2.93. The fraction of sp³-hybridized carbons (Fsp3) is 0.400. The molecule has 2 N–H and O–H groups in total. The molecule has 1 amide bonds. The largest absolute Gasteiger partial charge is 0.470 e. The first-order valence-corrected chi connectivity index (χ1v) is 10.5. The van der Waals surface area contributed by atoms with E-state index >= 15 is 0 Å². The van der Waals surface area contributed by atoms with Crippen LogP contribution in [0.5, 0.6) is 5.88 Å². The number of nitrogens with zero attached hydrogens (tertiary/aromatic N) is 4. The van der Waals surface area contributed by atoms with E-state index in [1.165, 1.54) is 23.9 Å². The van der Waals surface area contributed by atoms with Gasteiger partial charge in [-0.2, -0.15) is 0 Å². The summed E-state index contributed by atoms with van der Waals surface area (Å²) in [6.07, 6.45) is 1.07. The minimum Gasteiger partial charge on any atom is -0.470 e. The van der Waals surface area contributed by atoms with Crippen LogP contribution in [0.2, 0.25) is 0 Å². The first kappa shape index (κ1) is 25.6. The second-order valence-electron chi connectivity index (χ2n) is 7.05. The Balaban J connectivity index is 0.00000363. The Bertz CT molecular complexity index is 1050. The maximum absolute atomic E-state index is 12.7. The predicted molar refractivity (Wildman–Crippen MR) is 124 cm³/mol. The molecule has 0 aromatic carbocycles. The van der Waals surface area contributed by atoms with Crippen molar-refractivity contribution in [2.45, 2.75) is 19.8 Å². The maximum Gasteiger partial charge on any atom is 0.272 e. The monoisotopic (exact) mass is 486 g/mol. The average Bonchev–Trinajstić information content (AvgIpc) is 3.08. The zero-order chi connectivity index (χ0) is 22.4. The molecule has 3 heterocycles. The summed E-state index contributed by atoms with van der Waals surface area (Å²) in [4.78, 5) is 28.5. The van der Waals surface area contributed by atoms with Gasteiger partial charge in [0.15, 0.2) is 6.61 Å². The van der Waals surface area contributed by atoms with Crippen LogP contribution in [0, 0.1) is 6.92 Å². The Morgan fingerprint density at radius 3 is 2.78 bits per heavy atom. The van der Waals surface area contributed by atoms with Crippen LogP contribution in [-0.4, -0.2) is 66.0 Å². The number of carbonyl (C=O) groups excluding carboxylic acids is 1. The van der Waals surface area contributed by atoms with Gasteiger partial charge >= 0.3 is 0 Å². The van der Waals surface area contributed by atoms with E-state index in [1.807, 2.05) is 21.0 Å². The van der Waals surface area contributed by atoms with E-state index in [-0.39, 0.29) is 24.2 Å². The van der Waals surface area contributed by atoms with E-state index in [2.05, 4.69) is 30.5 Å². The van der Waals surface area contributed by atoms with Crippen molar-refractivity contribution >= 4 is 51.4 Å². The molecule has 12 heteroatoms. The summed E-state index contributed by atoms with van der Waals surface area (Å²) >= 11 is 1.28. The number of ether oxygens (including phenoxy) is 1. The number of alkyl halides is 2. The Morgan fingerprint density at radius 2 is 2.06 bits per heavy atom. The van der Waals surface area contributed by atoms with Gasteiger partial charge in [0.25, 0.3) is 12.3 Å². The molecule has 0 fully saturated rings. The summed E-state index contributed by atoms with van der Waals surface area (Å²) in [6.45, 7) is 2.52. The highest BCUT2D eigenvalue weighted by atomic mass is 35.5. The molecule has 0 aliphatic rings. The minimum atomic E-state index is -2.61. The van der Waals surface area contributed by atoms with E-state index in [4.69, 9.17) is 4.74 Å². The van der Waals surface area contributed by atoms with Gasteiger partial charge in [-0.15, -0.1) is 23.7 Å². The Morgan fingerprint density at radius 1 is 1.28 bits per heavy atom. The molecule has 32 heavy (non-hydrogen) atoms. The van der Waals surface area contributed by atoms with E-state index in [9.17, 15) is 13.6 Å². The van der Waals surface area contributed by atoms with Gasteiger partial charge in [-0.1, -0.05) is 0 Å². The molecule has 0 aliphatic heterocycles. The smallest absolute Gasteiger partial charge is 0.272 e. The van der Waals surface area contributed by atoms with Gasteiger partial charge in [-0.05, 0) is 51.7 Å². The quantitative estimate of drug-likeness (QED) is 0.420. The second-order valence-corrected chi connectivity index (χ2v) is 8.05. The third-order valence-corrected chi connectivity index (χ3v) is 5.57. The van der Waals surface area contributed by atoms with Crippen LogP contribution in [0.15, 0.2) is 24.7 Å². The van der Waals surface area contributed by atoms with Crippen molar-refractivity contribution in [2.75, 3.05) is 39.1 Å². The van der Waals surface area contributed by atoms with Crippen molar-refractivity contribution in [1.29, 1.82) is 0 Å². The SMILES string of the molecule is Cc1c(C(=O)NCCCN(C)C)sc2ncnc(Nc3cccnc3OCC(F)F)c12.Cl. The highest BCUT2D eigenvalue weighted by Crippen LogP contribution is 2.35. The first-order chi connectivity index (χ1) is 14.9. The molecule has 0 radical (unpaired) electrons. The number of thiophene rings is 1. The number of fused-ring (bicyclic) bond motifs is 1. The maximum atomic E-state index is 12.7. The van der Waals surface area contributed by atoms with E-state index in [0.717, 1.165) is 18.5 Å². The summed E-state index contributed by atoms with van der Waals surface area (Å²) in [7, 11) is 3.97. The number of hydrogen-bond donors (Lipinski definition) is 2. The lowest BCUT2D eigenvalue weighted by atomic mass is 10.2. The number of aryl methyl sites for hydroxylation is 1. The summed E-state index contributed by atoms with van der Waals surface area (Å²) in [5.74, 6) is 0.328. The average molecular weight is 487 g/mol. The minimum absolute atomic E-state index is 0. The van der Waals surface area contributed by atoms with Crippen molar-refractivity contribution in [3.63, 3.8) is 0 Å². The van der Waals surface area contributed by atoms with Gasteiger partial charge in [-0.3, -0.25) is 4.79 Å². The van der Waals surface area contributed by atoms with Crippen molar-refractivity contribution in [1.82, 2.24) is 25.2 Å². The molecular weight excluding hydrogens is 462 g/mol. The van der Waals surface area contributed by atoms with Crippen molar-refractivity contribution in [2.24, 2.45) is 0 Å². The highest BCUT2D eigenvalue weighted by molar-refractivity contribution is 7.20. The number of hydrogen-bond acceptors (Lipinski definition) is 8. The summed E-state index contributed by atoms with van der Waals surface area (Å²) in [5.41, 5.74) is 1.13. The molecule has 0 aliphatic carbocycles. The normalized spacial score (nSPS) is 11.0. The van der Waals surface area contributed by atoms with Gasteiger partial charge in [0.2, 0.25) is 5.88 Å². The summed E-state index contributed by atoms with van der Waals surface area (Å²) < 4.78 is 30.2. The van der Waals surface area contributed by atoms with Gasteiger partial charge in [0.05, 0.1) is 10.3 Å². The number of pyridine rings is 1. The number of nitrogens with one attached hydrogen (secondary N) is 2. The molecule has 0 saturated heterocycles. The standard InChI is InChI=1S/C20H24F2N6O2S.ClH/c1-12-15-17(27-13-6-4-7-24-19(13)30-10-14(21)22)25-11-26-20(15)31-16(12)18(29)23-8-5-9-28(2)3;/h4,6-7,11,14H,5,8-10H2,1-3H3,(H,23,29)(H,25,26,27);1H. The summed E-state index contributed by atoms with van der Waals surface area (Å²) in [6, 6.07) is 3.31. The van der Waals surface area contributed by atoms with Crippen LogP contribution in [0.3, 0.4) is 0 Å². The molecule has 0 unspecified atom stereocenters. The molecule has 3 rings (SSSR count). The first-order valence-electron chi connectivity index (χ1n) is 9.66. The van der Waals surface area contributed by atoms with Crippen molar-refractivity contribution in [3.05, 3.63) is 35.1 Å². The highest BCUT2D eigenvalue weighted by Gasteiger charge is 2.20. The Kier molecular flexibility index (Phi) is 9.48. The Hall–Kier alpha value is -2.63. The number of carbonyl (C=O) groups is 1. The number of anilines is 2. The molecule has 0 saturated carbocycles. The molecule has 8 nitrogen and oxygen atoms in total. The molecule has 3 aromatic heterocycles. The van der Waals surface area contributed by atoms with Gasteiger partial charge in [-0.25, -0.2) is 23.7 Å². The lowest BCUT2D eigenvalue weighted by Crippen LogP contribution is -2.26. The molecule has 0 spiro atoms. The molecule has 0 bridgehead atoms. The van der Waals surface area contributed by atoms with Crippen LogP contribution in [0.25, 0.3) is 10.2 Å². The number of rotatable bonds is 10. The zero-order valence-electron chi connectivity index (χ0n) is 17.9. The van der Waals surface area contributed by atoms with E-state index in [0.29, 0.717) is 33.1 Å². The van der Waals surface area contributed by atoms with Crippen LogP contribution < -0.4 is 15.4 Å². The van der Waals surface area contributed by atoms with Gasteiger partial charge in [0, 0.05) is 12.7 Å². The van der Waals surface area contributed by atoms with Gasteiger partial charge in [0.1, 0.15) is 22.7 Å². The fourth-order valence-corrected chi connectivity index (χ4v) is 4.00. The lowest BCUT2D eigenvalue weighted by Gasteiger charge is -2.12. The van der Waals surface area contributed by atoms with Crippen LogP contribution in [-0.2, 0) is 0 Å². The predicted octanol–water partition coefficient (Wildman–Crippen LogP) is 3.89. The van der Waals surface area contributed by atoms with E-state index in [1.54, 1.807) is 12.1 Å². The van der Waals surface area contributed by atoms with Crippen LogP contribution >= 0.6 is 23.7 Å². The summed E-state index contributed by atoms with van der Waals surface area (Å²) in [5, 5.41) is 6.71. The van der Waals surface area contributed by atoms with Crippen LogP contribution in [0.4, 0.5) is 20.3 Å². The number of halogens is 3. The Labute approximate surface area is 194 Å². The third kappa shape index (κ3) is 6.44. The topological polar surface area (TPSA) is 92.3 Å². The number of amides is 1. The zero-order valence-corrected chi connectivity index (χ0v) is 19.5. The number of aromatic nitrogens is 3. The van der Waals surface area contributed by atoms with E-state index < -0.39 is 13.0 Å². The van der Waals surface area contributed by atoms with Crippen molar-refractivity contribution in [3.8, 4) is 5.88 Å².